The summed E-state index contributed by atoms with van der Waals surface area (Å²) in [6, 6.07) is 0. The Morgan fingerprint density at radius 1 is 1.27 bits per heavy atom. The van der Waals surface area contributed by atoms with Crippen LogP contribution in [0.1, 0.15) is 34.6 Å². The fourth-order valence-corrected chi connectivity index (χ4v) is 0.217. The maximum Gasteiger partial charge on any atom is 0.406 e. The molecule has 3 heteroatoms. The first-order valence-electron chi connectivity index (χ1n) is 4.13. The molecule has 0 atom stereocenters. The van der Waals surface area contributed by atoms with Crippen LogP contribution in [0.2, 0.25) is 0 Å². The SMILES string of the molecule is CC.CC.CCNC(=O)OC. The number of alkyl carbamates (subject to hydrolysis) is 1. The van der Waals surface area contributed by atoms with Crippen molar-refractivity contribution in [2.45, 2.75) is 34.6 Å². The van der Waals surface area contributed by atoms with Gasteiger partial charge in [-0.15, -0.1) is 0 Å². The number of rotatable bonds is 1. The van der Waals surface area contributed by atoms with Crippen LogP contribution in [0.25, 0.3) is 0 Å². The molecule has 0 aliphatic heterocycles. The van der Waals surface area contributed by atoms with Gasteiger partial charge in [0.05, 0.1) is 7.11 Å². The third-order valence-electron chi connectivity index (χ3n) is 0.507. The molecule has 0 aromatic heterocycles. The summed E-state index contributed by atoms with van der Waals surface area (Å²) in [5.74, 6) is 0. The van der Waals surface area contributed by atoms with Crippen molar-refractivity contribution >= 4 is 6.09 Å². The van der Waals surface area contributed by atoms with Gasteiger partial charge in [-0.1, -0.05) is 27.7 Å². The van der Waals surface area contributed by atoms with E-state index in [0.717, 1.165) is 0 Å². The summed E-state index contributed by atoms with van der Waals surface area (Å²) in [5, 5.41) is 2.43. The summed E-state index contributed by atoms with van der Waals surface area (Å²) in [7, 11) is 1.34. The summed E-state index contributed by atoms with van der Waals surface area (Å²) < 4.78 is 4.24. The number of ether oxygens (including phenoxy) is 1. The maximum atomic E-state index is 10.1. The Morgan fingerprint density at radius 2 is 1.64 bits per heavy atom. The first-order chi connectivity index (χ1) is 5.31. The van der Waals surface area contributed by atoms with Crippen LogP contribution in [-0.2, 0) is 4.74 Å². The zero-order valence-electron chi connectivity index (χ0n) is 8.52. The lowest BCUT2D eigenvalue weighted by Crippen LogP contribution is -2.21. The normalized spacial score (nSPS) is 6.00. The molecule has 1 amide bonds. The topological polar surface area (TPSA) is 38.3 Å². The van der Waals surface area contributed by atoms with Crippen LogP contribution >= 0.6 is 0 Å². The lowest BCUT2D eigenvalue weighted by molar-refractivity contribution is 0.171. The highest BCUT2D eigenvalue weighted by Gasteiger charge is 1.89. The summed E-state index contributed by atoms with van der Waals surface area (Å²) in [4.78, 5) is 10.1. The van der Waals surface area contributed by atoms with Crippen molar-refractivity contribution in [1.82, 2.24) is 5.32 Å². The first-order valence-corrected chi connectivity index (χ1v) is 4.13. The van der Waals surface area contributed by atoms with E-state index in [1.165, 1.54) is 7.11 Å². The van der Waals surface area contributed by atoms with E-state index in [9.17, 15) is 4.79 Å². The lowest BCUT2D eigenvalue weighted by Gasteiger charge is -1.95. The Hall–Kier alpha value is -0.730. The van der Waals surface area contributed by atoms with Crippen LogP contribution in [0.15, 0.2) is 0 Å². The van der Waals surface area contributed by atoms with Crippen LogP contribution in [0.5, 0.6) is 0 Å². The van der Waals surface area contributed by atoms with Gasteiger partial charge in [0.1, 0.15) is 0 Å². The van der Waals surface area contributed by atoms with E-state index in [-0.39, 0.29) is 6.09 Å². The fraction of sp³-hybridized carbons (Fsp3) is 0.875. The van der Waals surface area contributed by atoms with Gasteiger partial charge < -0.3 is 10.1 Å². The Balaban J connectivity index is -0.000000138. The molecule has 11 heavy (non-hydrogen) atoms. The molecule has 70 valence electrons. The zero-order valence-corrected chi connectivity index (χ0v) is 8.52. The molecule has 0 unspecified atom stereocenters. The molecule has 0 saturated heterocycles. The Kier molecular flexibility index (Phi) is 34.7. The number of nitrogens with one attached hydrogen (secondary N) is 1. The molecule has 0 bridgehead atoms. The molecular weight excluding hydrogens is 142 g/mol. The summed E-state index contributed by atoms with van der Waals surface area (Å²) in [6.07, 6.45) is -0.373. The van der Waals surface area contributed by atoms with Crippen LogP contribution in [0.3, 0.4) is 0 Å². The smallest absolute Gasteiger partial charge is 0.406 e. The molecule has 0 aromatic rings. The molecule has 0 aliphatic carbocycles. The summed E-state index contributed by atoms with van der Waals surface area (Å²) >= 11 is 0. The molecule has 0 radical (unpaired) electrons. The van der Waals surface area contributed by atoms with Gasteiger partial charge >= 0.3 is 6.09 Å². The van der Waals surface area contributed by atoms with Gasteiger partial charge in [0, 0.05) is 6.54 Å². The van der Waals surface area contributed by atoms with E-state index in [4.69, 9.17) is 0 Å². The highest BCUT2D eigenvalue weighted by Crippen LogP contribution is 1.66. The highest BCUT2D eigenvalue weighted by molar-refractivity contribution is 5.66. The predicted octanol–water partition coefficient (Wildman–Crippen LogP) is 2.41. The average molecular weight is 163 g/mol. The number of hydrogen-bond acceptors (Lipinski definition) is 2. The van der Waals surface area contributed by atoms with Crippen molar-refractivity contribution in [2.24, 2.45) is 0 Å². The minimum Gasteiger partial charge on any atom is -0.453 e. The minimum absolute atomic E-state index is 0.373. The van der Waals surface area contributed by atoms with E-state index >= 15 is 0 Å². The molecule has 0 rings (SSSR count). The minimum atomic E-state index is -0.373. The van der Waals surface area contributed by atoms with Crippen molar-refractivity contribution in [3.05, 3.63) is 0 Å². The Morgan fingerprint density at radius 3 is 1.73 bits per heavy atom. The van der Waals surface area contributed by atoms with Gasteiger partial charge in [-0.3, -0.25) is 0 Å². The Labute approximate surface area is 70.1 Å². The second-order valence-electron chi connectivity index (χ2n) is 1.02. The second-order valence-corrected chi connectivity index (χ2v) is 1.02. The molecular formula is C8H21NO2. The van der Waals surface area contributed by atoms with Crippen LogP contribution < -0.4 is 5.32 Å². The van der Waals surface area contributed by atoms with Crippen molar-refractivity contribution in [1.29, 1.82) is 0 Å². The quantitative estimate of drug-likeness (QED) is 0.644. The average Bonchev–Trinajstić information content (AvgIpc) is 2.12. The third-order valence-corrected chi connectivity index (χ3v) is 0.507. The van der Waals surface area contributed by atoms with E-state index in [0.29, 0.717) is 6.54 Å². The second kappa shape index (κ2) is 22.8. The monoisotopic (exact) mass is 163 g/mol. The molecule has 3 nitrogen and oxygen atoms in total. The largest absolute Gasteiger partial charge is 0.453 e. The molecule has 0 heterocycles. The fourth-order valence-electron chi connectivity index (χ4n) is 0.217. The summed E-state index contributed by atoms with van der Waals surface area (Å²) in [5.41, 5.74) is 0. The molecule has 0 aliphatic rings. The van der Waals surface area contributed by atoms with Crippen LogP contribution in [0, 0.1) is 0 Å². The van der Waals surface area contributed by atoms with Crippen molar-refractivity contribution in [3.63, 3.8) is 0 Å². The van der Waals surface area contributed by atoms with Gasteiger partial charge in [0.2, 0.25) is 0 Å². The third kappa shape index (κ3) is 26.9. The molecule has 0 saturated carbocycles. The van der Waals surface area contributed by atoms with Crippen LogP contribution in [0.4, 0.5) is 4.79 Å². The van der Waals surface area contributed by atoms with Crippen molar-refractivity contribution in [3.8, 4) is 0 Å². The van der Waals surface area contributed by atoms with Gasteiger partial charge in [-0.25, -0.2) is 4.79 Å². The molecule has 0 spiro atoms. The van der Waals surface area contributed by atoms with Crippen LogP contribution in [-0.4, -0.2) is 19.7 Å². The molecule has 1 N–H and O–H groups in total. The van der Waals surface area contributed by atoms with Gasteiger partial charge in [-0.05, 0) is 6.92 Å². The number of carbonyl (C=O) groups excluding carboxylic acids is 1. The Bertz CT molecular complexity index is 65.1. The van der Waals surface area contributed by atoms with Gasteiger partial charge in [-0.2, -0.15) is 0 Å². The molecule has 0 fully saturated rings. The van der Waals surface area contributed by atoms with E-state index in [1.807, 2.05) is 34.6 Å². The van der Waals surface area contributed by atoms with Gasteiger partial charge in [0.15, 0.2) is 0 Å². The van der Waals surface area contributed by atoms with Gasteiger partial charge in [0.25, 0.3) is 0 Å². The zero-order chi connectivity index (χ0) is 9.70. The van der Waals surface area contributed by atoms with Crippen molar-refractivity contribution in [2.75, 3.05) is 13.7 Å². The molecule has 0 aromatic carbocycles. The van der Waals surface area contributed by atoms with Crippen molar-refractivity contribution < 1.29 is 9.53 Å². The standard InChI is InChI=1S/C4H9NO2.2C2H6/c1-3-5-4(6)7-2;2*1-2/h3H2,1-2H3,(H,5,6);2*1-2H3. The number of methoxy groups -OCH3 is 1. The lowest BCUT2D eigenvalue weighted by atomic mass is 10.8. The van der Waals surface area contributed by atoms with E-state index in [2.05, 4.69) is 10.1 Å². The number of hydrogen-bond donors (Lipinski definition) is 1. The number of amides is 1. The highest BCUT2D eigenvalue weighted by atomic mass is 16.5. The van der Waals surface area contributed by atoms with E-state index < -0.39 is 0 Å². The van der Waals surface area contributed by atoms with E-state index in [1.54, 1.807) is 0 Å². The maximum absolute atomic E-state index is 10.1. The predicted molar refractivity (Wildman–Crippen MR) is 48.8 cm³/mol. The first kappa shape index (κ1) is 16.7. The number of carbonyl (C=O) groups is 1. The summed E-state index contributed by atoms with van der Waals surface area (Å²) in [6.45, 7) is 10.4.